The van der Waals surface area contributed by atoms with Crippen LogP contribution in [-0.2, 0) is 16.1 Å². The maximum absolute atomic E-state index is 13.2. The first-order valence-corrected chi connectivity index (χ1v) is 11.6. The zero-order chi connectivity index (χ0) is 24.9. The van der Waals surface area contributed by atoms with Gasteiger partial charge in [-0.1, -0.05) is 23.7 Å². The number of carbonyl (C=O) groups excluding carboxylic acids is 2. The Morgan fingerprint density at radius 3 is 2.69 bits per heavy atom. The van der Waals surface area contributed by atoms with Crippen LogP contribution in [0.5, 0.6) is 11.5 Å². The van der Waals surface area contributed by atoms with Crippen LogP contribution in [0.15, 0.2) is 66.8 Å². The molecule has 1 amide bonds. The lowest BCUT2D eigenvalue weighted by molar-refractivity contribution is -0.139. The van der Waals surface area contributed by atoms with Crippen LogP contribution in [0.3, 0.4) is 0 Å². The molecule has 0 radical (unpaired) electrons. The summed E-state index contributed by atoms with van der Waals surface area (Å²) in [5.74, 6) is -0.658. The number of aliphatic hydroxyl groups is 1. The van der Waals surface area contributed by atoms with Crippen LogP contribution in [0.25, 0.3) is 5.76 Å². The highest BCUT2D eigenvalue weighted by molar-refractivity contribution is 6.46. The summed E-state index contributed by atoms with van der Waals surface area (Å²) in [5, 5.41) is 11.5. The van der Waals surface area contributed by atoms with Crippen LogP contribution in [0.2, 0.25) is 5.02 Å². The molecule has 1 aliphatic rings. The van der Waals surface area contributed by atoms with Gasteiger partial charge < -0.3 is 24.0 Å². The maximum atomic E-state index is 13.2. The largest absolute Gasteiger partial charge is 0.507 e. The third kappa shape index (κ3) is 5.02. The van der Waals surface area contributed by atoms with Crippen molar-refractivity contribution < 1.29 is 24.2 Å². The minimum atomic E-state index is -0.779. The van der Waals surface area contributed by atoms with Gasteiger partial charge in [0.1, 0.15) is 17.3 Å². The number of benzene rings is 2. The molecule has 1 N–H and O–H groups in total. The zero-order valence-corrected chi connectivity index (χ0v) is 20.2. The van der Waals surface area contributed by atoms with Crippen molar-refractivity contribution >= 4 is 29.1 Å². The molecule has 1 atom stereocenters. The van der Waals surface area contributed by atoms with E-state index in [1.165, 1.54) is 11.0 Å². The average Bonchev–Trinajstić information content (AvgIpc) is 3.47. The summed E-state index contributed by atoms with van der Waals surface area (Å²) in [4.78, 5) is 31.8. The highest BCUT2D eigenvalue weighted by Gasteiger charge is 2.46. The number of carbonyl (C=O) groups is 2. The van der Waals surface area contributed by atoms with Gasteiger partial charge in [0.05, 0.1) is 36.7 Å². The summed E-state index contributed by atoms with van der Waals surface area (Å²) >= 11 is 6.32. The number of halogens is 1. The standard InChI is InChI=1S/C26H26ClN3O5/c1-3-35-21-9-8-18(15-20(21)27)24(31)22-23(17-6-4-7-19(14-17)34-2)30(26(33)25(22)32)12-5-11-29-13-10-28-16-29/h4,6-10,13-16,23,31H,3,5,11-12H2,1-2H3/t23-/m1/s1. The van der Waals surface area contributed by atoms with E-state index < -0.39 is 17.7 Å². The van der Waals surface area contributed by atoms with Crippen LogP contribution in [0, 0.1) is 0 Å². The Morgan fingerprint density at radius 2 is 2.00 bits per heavy atom. The summed E-state index contributed by atoms with van der Waals surface area (Å²) < 4.78 is 12.7. The molecular formula is C26H26ClN3O5. The topological polar surface area (TPSA) is 93.9 Å². The highest BCUT2D eigenvalue weighted by atomic mass is 35.5. The van der Waals surface area contributed by atoms with Gasteiger partial charge in [0.15, 0.2) is 0 Å². The lowest BCUT2D eigenvalue weighted by Gasteiger charge is -2.25. The Bertz CT molecular complexity index is 1260. The third-order valence-electron chi connectivity index (χ3n) is 5.83. The van der Waals surface area contributed by atoms with Crippen molar-refractivity contribution in [1.82, 2.24) is 14.5 Å². The third-order valence-corrected chi connectivity index (χ3v) is 6.12. The minimum Gasteiger partial charge on any atom is -0.507 e. The first kappa shape index (κ1) is 24.3. The Labute approximate surface area is 208 Å². The van der Waals surface area contributed by atoms with E-state index in [1.807, 2.05) is 17.7 Å². The molecule has 9 heteroatoms. The molecule has 1 aromatic heterocycles. The van der Waals surface area contributed by atoms with E-state index in [9.17, 15) is 14.7 Å². The molecule has 3 aromatic rings. The van der Waals surface area contributed by atoms with E-state index in [2.05, 4.69) is 4.98 Å². The number of likely N-dealkylation sites (tertiary alicyclic amines) is 1. The lowest BCUT2D eigenvalue weighted by atomic mass is 9.95. The number of ketones is 1. The SMILES string of the molecule is CCOc1ccc(C(O)=C2C(=O)C(=O)N(CCCn3ccnc3)[C@@H]2c2cccc(OC)c2)cc1Cl. The molecule has 0 aliphatic carbocycles. The Hall–Kier alpha value is -3.78. The Balaban J connectivity index is 1.75. The summed E-state index contributed by atoms with van der Waals surface area (Å²) in [6.45, 7) is 3.21. The fraction of sp³-hybridized carbons (Fsp3) is 0.269. The van der Waals surface area contributed by atoms with Crippen molar-refractivity contribution in [3.05, 3.63) is 82.9 Å². The number of aryl methyl sites for hydroxylation is 1. The number of hydrogen-bond acceptors (Lipinski definition) is 6. The van der Waals surface area contributed by atoms with E-state index in [0.717, 1.165) is 0 Å². The molecular weight excluding hydrogens is 470 g/mol. The van der Waals surface area contributed by atoms with Gasteiger partial charge in [-0.3, -0.25) is 9.59 Å². The molecule has 2 heterocycles. The van der Waals surface area contributed by atoms with Crippen LogP contribution < -0.4 is 9.47 Å². The normalized spacial score (nSPS) is 17.1. The van der Waals surface area contributed by atoms with Gasteiger partial charge in [-0.25, -0.2) is 4.98 Å². The van der Waals surface area contributed by atoms with Gasteiger partial charge in [-0.15, -0.1) is 0 Å². The number of hydrogen-bond donors (Lipinski definition) is 1. The second-order valence-corrected chi connectivity index (χ2v) is 8.41. The number of rotatable bonds is 9. The summed E-state index contributed by atoms with van der Waals surface area (Å²) in [6, 6.07) is 11.1. The van der Waals surface area contributed by atoms with Gasteiger partial charge in [0, 0.05) is 31.0 Å². The van der Waals surface area contributed by atoms with E-state index in [-0.39, 0.29) is 11.3 Å². The smallest absolute Gasteiger partial charge is 0.295 e. The van der Waals surface area contributed by atoms with Crippen LogP contribution in [0.1, 0.15) is 30.5 Å². The molecule has 0 saturated carbocycles. The monoisotopic (exact) mass is 495 g/mol. The quantitative estimate of drug-likeness (QED) is 0.268. The van der Waals surface area contributed by atoms with Crippen molar-refractivity contribution in [2.24, 2.45) is 0 Å². The van der Waals surface area contributed by atoms with Crippen molar-refractivity contribution in [3.8, 4) is 11.5 Å². The van der Waals surface area contributed by atoms with Crippen molar-refractivity contribution in [2.75, 3.05) is 20.3 Å². The fourth-order valence-corrected chi connectivity index (χ4v) is 4.42. The number of imidazole rings is 1. The summed E-state index contributed by atoms with van der Waals surface area (Å²) in [6.07, 6.45) is 5.82. The summed E-state index contributed by atoms with van der Waals surface area (Å²) in [7, 11) is 1.54. The number of methoxy groups -OCH3 is 1. The van der Waals surface area contributed by atoms with Gasteiger partial charge in [0.2, 0.25) is 0 Å². The predicted octanol–water partition coefficient (Wildman–Crippen LogP) is 4.46. The average molecular weight is 496 g/mol. The maximum Gasteiger partial charge on any atom is 0.295 e. The zero-order valence-electron chi connectivity index (χ0n) is 19.5. The Morgan fingerprint density at radius 1 is 1.17 bits per heavy atom. The second kappa shape index (κ2) is 10.7. The van der Waals surface area contributed by atoms with Crippen LogP contribution >= 0.6 is 11.6 Å². The van der Waals surface area contributed by atoms with Crippen LogP contribution in [0.4, 0.5) is 0 Å². The summed E-state index contributed by atoms with van der Waals surface area (Å²) in [5.41, 5.74) is 0.985. The van der Waals surface area contributed by atoms with E-state index >= 15 is 0 Å². The number of amides is 1. The van der Waals surface area contributed by atoms with Gasteiger partial charge in [-0.2, -0.15) is 0 Å². The first-order valence-electron chi connectivity index (χ1n) is 11.3. The number of aliphatic hydroxyl groups excluding tert-OH is 1. The van der Waals surface area contributed by atoms with Crippen molar-refractivity contribution in [2.45, 2.75) is 25.9 Å². The molecule has 1 aliphatic heterocycles. The van der Waals surface area contributed by atoms with Crippen molar-refractivity contribution in [1.29, 1.82) is 0 Å². The number of Topliss-reactive ketones (excluding diaryl/α,β-unsaturated/α-hetero) is 1. The molecule has 1 saturated heterocycles. The second-order valence-electron chi connectivity index (χ2n) is 8.00. The Kier molecular flexibility index (Phi) is 7.41. The molecule has 0 unspecified atom stereocenters. The predicted molar refractivity (Wildman–Crippen MR) is 131 cm³/mol. The van der Waals surface area contributed by atoms with Gasteiger partial charge in [-0.05, 0) is 49.2 Å². The molecule has 0 spiro atoms. The molecule has 182 valence electrons. The number of aromatic nitrogens is 2. The van der Waals surface area contributed by atoms with E-state index in [0.29, 0.717) is 53.8 Å². The van der Waals surface area contributed by atoms with Crippen LogP contribution in [-0.4, -0.2) is 51.5 Å². The number of ether oxygens (including phenoxy) is 2. The number of nitrogens with zero attached hydrogens (tertiary/aromatic N) is 3. The van der Waals surface area contributed by atoms with E-state index in [1.54, 1.807) is 56.0 Å². The van der Waals surface area contributed by atoms with Gasteiger partial charge in [0.25, 0.3) is 11.7 Å². The lowest BCUT2D eigenvalue weighted by Crippen LogP contribution is -2.31. The molecule has 0 bridgehead atoms. The minimum absolute atomic E-state index is 0.00566. The molecule has 8 nitrogen and oxygen atoms in total. The molecule has 2 aromatic carbocycles. The van der Waals surface area contributed by atoms with E-state index in [4.69, 9.17) is 21.1 Å². The fourth-order valence-electron chi connectivity index (χ4n) is 4.19. The molecule has 1 fully saturated rings. The highest BCUT2D eigenvalue weighted by Crippen LogP contribution is 2.41. The molecule has 35 heavy (non-hydrogen) atoms. The van der Waals surface area contributed by atoms with Crippen molar-refractivity contribution in [3.63, 3.8) is 0 Å². The first-order chi connectivity index (χ1) is 16.9. The molecule has 4 rings (SSSR count). The van der Waals surface area contributed by atoms with Gasteiger partial charge >= 0.3 is 0 Å².